The first-order valence-corrected chi connectivity index (χ1v) is 32.5. The third kappa shape index (κ3) is 8.92. The predicted molar refractivity (Wildman–Crippen MR) is 398 cm³/mol. The summed E-state index contributed by atoms with van der Waals surface area (Å²) < 4.78 is 9.52. The van der Waals surface area contributed by atoms with Gasteiger partial charge in [-0.25, -0.2) is 9.97 Å². The van der Waals surface area contributed by atoms with Crippen LogP contribution in [0.5, 0.6) is 0 Å². The molecule has 14 aromatic carbocycles. The maximum absolute atomic E-state index is 5.34. The lowest BCUT2D eigenvalue weighted by Gasteiger charge is -2.15. The van der Waals surface area contributed by atoms with E-state index in [2.05, 4.69) is 358 Å². The Labute approximate surface area is 551 Å². The van der Waals surface area contributed by atoms with Crippen LogP contribution in [0.2, 0.25) is 0 Å². The minimum atomic E-state index is 0.574. The van der Waals surface area contributed by atoms with Crippen molar-refractivity contribution in [2.45, 2.75) is 0 Å². The SMILES string of the molecule is c1ccc(-c2cc(-n3c4ccccc4c4ccc5c6ccccc6n(-c6ccccc6)c5c43)cc(-c3ccccc3)n2)cc1.c1ccc(-n2c3ccccc3c3ccc4c5ccccc5n(-c5nc(-c6ccc7ccccc7c6)nc(-c6ccc7ccccc7c6)n5)c4c32)cc1. The third-order valence-corrected chi connectivity index (χ3v) is 19.0. The highest BCUT2D eigenvalue weighted by molar-refractivity contribution is 6.25. The summed E-state index contributed by atoms with van der Waals surface area (Å²) in [6.45, 7) is 0. The van der Waals surface area contributed by atoms with Crippen LogP contribution in [-0.2, 0) is 0 Å². The number of rotatable bonds is 8. The van der Waals surface area contributed by atoms with Crippen LogP contribution >= 0.6 is 0 Å². The van der Waals surface area contributed by atoms with Gasteiger partial charge < -0.3 is 13.7 Å². The summed E-state index contributed by atoms with van der Waals surface area (Å²) in [7, 11) is 0. The van der Waals surface area contributed by atoms with E-state index in [0.29, 0.717) is 17.6 Å². The summed E-state index contributed by atoms with van der Waals surface area (Å²) >= 11 is 0. The quantitative estimate of drug-likeness (QED) is 0.152. The largest absolute Gasteiger partial charge is 0.307 e. The molecule has 448 valence electrons. The van der Waals surface area contributed by atoms with E-state index in [1.165, 1.54) is 65.2 Å². The highest BCUT2D eigenvalue weighted by Crippen LogP contribution is 2.45. The van der Waals surface area contributed by atoms with Crippen LogP contribution in [0.25, 0.3) is 177 Å². The Bertz CT molecular complexity index is 6290. The molecule has 20 rings (SSSR count). The molecule has 20 aromatic rings. The molecule has 0 radical (unpaired) electrons. The predicted octanol–water partition coefficient (Wildman–Crippen LogP) is 22.3. The molecule has 0 atom stereocenters. The van der Waals surface area contributed by atoms with Gasteiger partial charge in [0, 0.05) is 76.7 Å². The molecule has 0 aliphatic carbocycles. The molecule has 0 N–H and O–H groups in total. The first kappa shape index (κ1) is 54.7. The van der Waals surface area contributed by atoms with Crippen molar-refractivity contribution in [3.05, 3.63) is 340 Å². The molecule has 0 bridgehead atoms. The van der Waals surface area contributed by atoms with Gasteiger partial charge in [-0.2, -0.15) is 9.97 Å². The van der Waals surface area contributed by atoms with E-state index in [1.807, 2.05) is 0 Å². The van der Waals surface area contributed by atoms with Crippen molar-refractivity contribution in [2.75, 3.05) is 0 Å². The van der Waals surface area contributed by atoms with E-state index >= 15 is 0 Å². The smallest absolute Gasteiger partial charge is 0.238 e. The molecule has 96 heavy (non-hydrogen) atoms. The monoisotopic (exact) mass is 1220 g/mol. The number of pyridine rings is 1. The third-order valence-electron chi connectivity index (χ3n) is 19.0. The summed E-state index contributed by atoms with van der Waals surface area (Å²) in [5.74, 6) is 1.83. The van der Waals surface area contributed by atoms with E-state index < -0.39 is 0 Å². The minimum Gasteiger partial charge on any atom is -0.307 e. The Balaban J connectivity index is 0.000000137. The van der Waals surface area contributed by atoms with E-state index in [9.17, 15) is 0 Å². The van der Waals surface area contributed by atoms with Crippen LogP contribution in [-0.4, -0.2) is 38.2 Å². The first-order valence-electron chi connectivity index (χ1n) is 32.5. The number of para-hydroxylation sites is 6. The molecule has 0 saturated heterocycles. The van der Waals surface area contributed by atoms with Gasteiger partial charge in [0.05, 0.1) is 61.2 Å². The van der Waals surface area contributed by atoms with Crippen molar-refractivity contribution in [1.29, 1.82) is 0 Å². The van der Waals surface area contributed by atoms with Gasteiger partial charge in [-0.3, -0.25) is 4.57 Å². The van der Waals surface area contributed by atoms with Crippen LogP contribution in [0.15, 0.2) is 340 Å². The maximum Gasteiger partial charge on any atom is 0.238 e. The number of benzene rings is 14. The minimum absolute atomic E-state index is 0.574. The fraction of sp³-hybridized carbons (Fsp3) is 0. The molecule has 0 fully saturated rings. The number of nitrogens with zero attached hydrogens (tertiary/aromatic N) is 8. The molecule has 0 aliphatic rings. The lowest BCUT2D eigenvalue weighted by molar-refractivity contribution is 0.954. The molecule has 0 amide bonds. The van der Waals surface area contributed by atoms with Gasteiger partial charge in [0.2, 0.25) is 5.95 Å². The molecule has 8 heteroatoms. The van der Waals surface area contributed by atoms with Crippen LogP contribution in [0.1, 0.15) is 0 Å². The zero-order valence-electron chi connectivity index (χ0n) is 51.9. The van der Waals surface area contributed by atoms with Crippen LogP contribution in [0.3, 0.4) is 0 Å². The second kappa shape index (κ2) is 22.4. The lowest BCUT2D eigenvalue weighted by Crippen LogP contribution is -2.07. The number of fused-ring (bicyclic) bond motifs is 16. The standard InChI is InChI=1S/C47H29N5.C41H27N3/c1-2-16-36(17-3-1)51-41-20-10-8-18-37(41)39-26-27-40-38-19-9-11-21-42(38)52(44(40)43(39)51)47-49-45(34-24-22-30-12-4-6-14-32(30)28-34)48-46(50-47)35-25-23-31-13-5-7-15-33(31)29-35;1-4-14-28(15-5-1)36-26-31(27-37(42-36)29-16-6-2-7-17-29)44-39-23-13-11-21-33(39)35-25-24-34-32-20-10-12-22-38(32)43(40(34)41(35)44)30-18-8-3-9-19-30/h1-29H;1-27H. The van der Waals surface area contributed by atoms with Crippen molar-refractivity contribution in [2.24, 2.45) is 0 Å². The average Bonchev–Trinajstić information content (AvgIpc) is 1.55. The molecule has 8 nitrogen and oxygen atoms in total. The Morgan fingerprint density at radius 1 is 0.188 bits per heavy atom. The van der Waals surface area contributed by atoms with Gasteiger partial charge in [0.15, 0.2) is 11.6 Å². The summed E-state index contributed by atoms with van der Waals surface area (Å²) in [6, 6.07) is 120. The Morgan fingerprint density at radius 2 is 0.500 bits per heavy atom. The fourth-order valence-electron chi connectivity index (χ4n) is 14.7. The van der Waals surface area contributed by atoms with Crippen LogP contribution < -0.4 is 0 Å². The average molecular weight is 1230 g/mol. The van der Waals surface area contributed by atoms with Gasteiger partial charge in [-0.15, -0.1) is 0 Å². The van der Waals surface area contributed by atoms with E-state index in [-0.39, 0.29) is 0 Å². The lowest BCUT2D eigenvalue weighted by atomic mass is 10.1. The molecular weight excluding hydrogens is 1170 g/mol. The maximum atomic E-state index is 5.34. The zero-order valence-corrected chi connectivity index (χ0v) is 51.9. The first-order chi connectivity index (χ1) is 47.6. The Hall–Kier alpha value is -13.0. The van der Waals surface area contributed by atoms with Gasteiger partial charge in [-0.05, 0) is 94.3 Å². The Kier molecular flexibility index (Phi) is 12.7. The van der Waals surface area contributed by atoms with Crippen LogP contribution in [0, 0.1) is 0 Å². The second-order valence-corrected chi connectivity index (χ2v) is 24.5. The van der Waals surface area contributed by atoms with Gasteiger partial charge in [-0.1, -0.05) is 267 Å². The summed E-state index contributed by atoms with van der Waals surface area (Å²) in [5, 5.41) is 14.2. The van der Waals surface area contributed by atoms with E-state index in [1.54, 1.807) is 0 Å². The zero-order chi connectivity index (χ0) is 63.2. The fourth-order valence-corrected chi connectivity index (χ4v) is 14.7. The molecule has 0 aliphatic heterocycles. The van der Waals surface area contributed by atoms with Crippen molar-refractivity contribution >= 4 is 109 Å². The van der Waals surface area contributed by atoms with Crippen LogP contribution in [0.4, 0.5) is 0 Å². The van der Waals surface area contributed by atoms with E-state index in [4.69, 9.17) is 19.9 Å². The molecule has 0 unspecified atom stereocenters. The number of aromatic nitrogens is 8. The number of hydrogen-bond acceptors (Lipinski definition) is 4. The second-order valence-electron chi connectivity index (χ2n) is 24.5. The normalized spacial score (nSPS) is 11.8. The summed E-state index contributed by atoms with van der Waals surface area (Å²) in [5.41, 5.74) is 18.4. The van der Waals surface area contributed by atoms with Crippen molar-refractivity contribution < 1.29 is 0 Å². The Morgan fingerprint density at radius 3 is 0.896 bits per heavy atom. The molecule has 6 aromatic heterocycles. The van der Waals surface area contributed by atoms with Crippen molar-refractivity contribution in [3.63, 3.8) is 0 Å². The van der Waals surface area contributed by atoms with Crippen molar-refractivity contribution in [3.8, 4) is 68.3 Å². The molecule has 6 heterocycles. The summed E-state index contributed by atoms with van der Waals surface area (Å²) in [4.78, 5) is 21.0. The molecular formula is C88H56N8. The van der Waals surface area contributed by atoms with E-state index in [0.717, 1.165) is 94.3 Å². The highest BCUT2D eigenvalue weighted by atomic mass is 15.2. The number of hydrogen-bond donors (Lipinski definition) is 0. The van der Waals surface area contributed by atoms with Gasteiger partial charge >= 0.3 is 0 Å². The molecule has 0 saturated carbocycles. The topological polar surface area (TPSA) is 71.3 Å². The highest BCUT2D eigenvalue weighted by Gasteiger charge is 2.26. The van der Waals surface area contributed by atoms with Gasteiger partial charge in [0.25, 0.3) is 0 Å². The van der Waals surface area contributed by atoms with Crippen molar-refractivity contribution in [1.82, 2.24) is 38.2 Å². The summed E-state index contributed by atoms with van der Waals surface area (Å²) in [6.07, 6.45) is 0. The van der Waals surface area contributed by atoms with Gasteiger partial charge in [0.1, 0.15) is 0 Å². The molecule has 0 spiro atoms.